The van der Waals surface area contributed by atoms with Crippen LogP contribution in [0.4, 0.5) is 11.4 Å². The Bertz CT molecular complexity index is 985. The van der Waals surface area contributed by atoms with E-state index in [1.54, 1.807) is 24.3 Å². The SMILES string of the molecule is CN(C)c1ccc(NC(=O)C(Oc2cccc(C(=N)N)c2)c2ccccc2)cc1. The van der Waals surface area contributed by atoms with Crippen molar-refractivity contribution in [1.82, 2.24) is 0 Å². The lowest BCUT2D eigenvalue weighted by Gasteiger charge is -2.20. The Balaban J connectivity index is 1.84. The number of amidine groups is 1. The zero-order valence-corrected chi connectivity index (χ0v) is 16.4. The van der Waals surface area contributed by atoms with Crippen LogP contribution < -0.4 is 20.7 Å². The predicted octanol–water partition coefficient (Wildman–Crippen LogP) is 3.80. The van der Waals surface area contributed by atoms with E-state index < -0.39 is 6.10 Å². The number of hydrogen-bond donors (Lipinski definition) is 3. The van der Waals surface area contributed by atoms with Gasteiger partial charge in [-0.3, -0.25) is 10.2 Å². The summed E-state index contributed by atoms with van der Waals surface area (Å²) < 4.78 is 6.01. The first kappa shape index (κ1) is 19.9. The topological polar surface area (TPSA) is 91.4 Å². The van der Waals surface area contributed by atoms with E-state index in [0.717, 1.165) is 11.3 Å². The van der Waals surface area contributed by atoms with Crippen LogP contribution in [0.25, 0.3) is 0 Å². The normalized spacial score (nSPS) is 11.4. The second kappa shape index (κ2) is 8.93. The molecule has 1 unspecified atom stereocenters. The molecule has 3 aromatic rings. The molecular formula is C23H24N4O2. The van der Waals surface area contributed by atoms with Gasteiger partial charge in [0.2, 0.25) is 6.10 Å². The molecule has 0 saturated heterocycles. The maximum Gasteiger partial charge on any atom is 0.270 e. The molecule has 148 valence electrons. The van der Waals surface area contributed by atoms with Gasteiger partial charge in [0.1, 0.15) is 11.6 Å². The molecule has 0 radical (unpaired) electrons. The van der Waals surface area contributed by atoms with E-state index in [9.17, 15) is 4.79 Å². The van der Waals surface area contributed by atoms with Gasteiger partial charge in [0.25, 0.3) is 5.91 Å². The van der Waals surface area contributed by atoms with Gasteiger partial charge in [0.15, 0.2) is 0 Å². The molecule has 4 N–H and O–H groups in total. The molecule has 0 saturated carbocycles. The van der Waals surface area contributed by atoms with Crippen LogP contribution in [0.1, 0.15) is 17.2 Å². The van der Waals surface area contributed by atoms with Crippen molar-refractivity contribution in [3.05, 3.63) is 90.0 Å². The molecule has 6 nitrogen and oxygen atoms in total. The van der Waals surface area contributed by atoms with Crippen LogP contribution in [-0.2, 0) is 4.79 Å². The van der Waals surface area contributed by atoms with Crippen LogP contribution in [0.15, 0.2) is 78.9 Å². The smallest absolute Gasteiger partial charge is 0.270 e. The van der Waals surface area contributed by atoms with Crippen LogP contribution in [0.5, 0.6) is 5.75 Å². The Morgan fingerprint density at radius 3 is 2.31 bits per heavy atom. The van der Waals surface area contributed by atoms with Crippen LogP contribution in [0, 0.1) is 5.41 Å². The van der Waals surface area contributed by atoms with Gasteiger partial charge >= 0.3 is 0 Å². The fourth-order valence-corrected chi connectivity index (χ4v) is 2.82. The average molecular weight is 388 g/mol. The van der Waals surface area contributed by atoms with Crippen LogP contribution >= 0.6 is 0 Å². The molecule has 3 rings (SSSR count). The van der Waals surface area contributed by atoms with Gasteiger partial charge in [-0.15, -0.1) is 0 Å². The molecule has 1 atom stereocenters. The second-order valence-corrected chi connectivity index (χ2v) is 6.78. The third-order valence-electron chi connectivity index (χ3n) is 4.39. The Labute approximate surface area is 170 Å². The van der Waals surface area contributed by atoms with Crippen molar-refractivity contribution in [1.29, 1.82) is 5.41 Å². The molecule has 0 aromatic heterocycles. The number of rotatable bonds is 7. The van der Waals surface area contributed by atoms with E-state index in [-0.39, 0.29) is 11.7 Å². The molecule has 3 aromatic carbocycles. The largest absolute Gasteiger partial charge is 0.476 e. The summed E-state index contributed by atoms with van der Waals surface area (Å²) in [5, 5.41) is 10.5. The molecule has 0 aliphatic rings. The van der Waals surface area contributed by atoms with Crippen LogP contribution in [-0.4, -0.2) is 25.8 Å². The number of carbonyl (C=O) groups is 1. The maximum absolute atomic E-state index is 13.0. The summed E-state index contributed by atoms with van der Waals surface area (Å²) >= 11 is 0. The number of anilines is 2. The first-order valence-corrected chi connectivity index (χ1v) is 9.18. The summed E-state index contributed by atoms with van der Waals surface area (Å²) in [5.41, 5.74) is 8.55. The van der Waals surface area contributed by atoms with E-state index in [1.165, 1.54) is 0 Å². The van der Waals surface area contributed by atoms with E-state index in [0.29, 0.717) is 17.0 Å². The van der Waals surface area contributed by atoms with Crippen molar-refractivity contribution in [2.75, 3.05) is 24.3 Å². The lowest BCUT2D eigenvalue weighted by Crippen LogP contribution is -2.26. The first-order valence-electron chi connectivity index (χ1n) is 9.18. The zero-order chi connectivity index (χ0) is 20.8. The molecule has 0 spiro atoms. The molecule has 29 heavy (non-hydrogen) atoms. The van der Waals surface area contributed by atoms with Crippen molar-refractivity contribution < 1.29 is 9.53 Å². The number of amides is 1. The molecule has 1 amide bonds. The molecule has 6 heteroatoms. The summed E-state index contributed by atoms with van der Waals surface area (Å²) in [5.74, 6) is 0.115. The summed E-state index contributed by atoms with van der Waals surface area (Å²) in [4.78, 5) is 15.0. The quantitative estimate of drug-likeness (QED) is 0.424. The number of hydrogen-bond acceptors (Lipinski definition) is 4. The molecule has 0 fully saturated rings. The summed E-state index contributed by atoms with van der Waals surface area (Å²) in [7, 11) is 3.92. The van der Waals surface area contributed by atoms with Gasteiger partial charge in [0, 0.05) is 36.6 Å². The Kier molecular flexibility index (Phi) is 6.14. The van der Waals surface area contributed by atoms with E-state index >= 15 is 0 Å². The number of carbonyl (C=O) groups excluding carboxylic acids is 1. The van der Waals surface area contributed by atoms with Crippen molar-refractivity contribution >= 4 is 23.1 Å². The van der Waals surface area contributed by atoms with Crippen molar-refractivity contribution in [2.24, 2.45) is 5.73 Å². The summed E-state index contributed by atoms with van der Waals surface area (Å²) in [6.07, 6.45) is -0.855. The van der Waals surface area contributed by atoms with Gasteiger partial charge in [-0.25, -0.2) is 0 Å². The van der Waals surface area contributed by atoms with E-state index in [2.05, 4.69) is 5.32 Å². The third-order valence-corrected chi connectivity index (χ3v) is 4.39. The highest BCUT2D eigenvalue weighted by Crippen LogP contribution is 2.25. The van der Waals surface area contributed by atoms with Gasteiger partial charge in [0.05, 0.1) is 0 Å². The Morgan fingerprint density at radius 1 is 1.00 bits per heavy atom. The fourth-order valence-electron chi connectivity index (χ4n) is 2.82. The predicted molar refractivity (Wildman–Crippen MR) is 117 cm³/mol. The third kappa shape index (κ3) is 5.13. The number of nitrogen functional groups attached to an aromatic ring is 1. The number of nitrogens with two attached hydrogens (primary N) is 1. The molecule has 0 heterocycles. The average Bonchev–Trinajstić information content (AvgIpc) is 2.73. The summed E-state index contributed by atoms with van der Waals surface area (Å²) in [6, 6.07) is 23.7. The van der Waals surface area contributed by atoms with E-state index in [4.69, 9.17) is 15.9 Å². The molecule has 0 aliphatic carbocycles. The van der Waals surface area contributed by atoms with Gasteiger partial charge < -0.3 is 20.7 Å². The van der Waals surface area contributed by atoms with Gasteiger partial charge in [-0.05, 0) is 36.4 Å². The van der Waals surface area contributed by atoms with Crippen molar-refractivity contribution in [3.8, 4) is 5.75 Å². The van der Waals surface area contributed by atoms with Crippen molar-refractivity contribution in [3.63, 3.8) is 0 Å². The highest BCUT2D eigenvalue weighted by Gasteiger charge is 2.23. The van der Waals surface area contributed by atoms with Crippen LogP contribution in [0.2, 0.25) is 0 Å². The number of nitrogens with one attached hydrogen (secondary N) is 2. The van der Waals surface area contributed by atoms with Gasteiger partial charge in [-0.1, -0.05) is 42.5 Å². The van der Waals surface area contributed by atoms with Gasteiger partial charge in [-0.2, -0.15) is 0 Å². The zero-order valence-electron chi connectivity index (χ0n) is 16.4. The highest BCUT2D eigenvalue weighted by atomic mass is 16.5. The first-order chi connectivity index (χ1) is 13.9. The van der Waals surface area contributed by atoms with Crippen molar-refractivity contribution in [2.45, 2.75) is 6.10 Å². The maximum atomic E-state index is 13.0. The fraction of sp³-hybridized carbons (Fsp3) is 0.130. The minimum atomic E-state index is -0.855. The minimum absolute atomic E-state index is 0.0582. The molecule has 0 bridgehead atoms. The lowest BCUT2D eigenvalue weighted by molar-refractivity contribution is -0.123. The second-order valence-electron chi connectivity index (χ2n) is 6.78. The Hall–Kier alpha value is -3.80. The Morgan fingerprint density at radius 2 is 1.69 bits per heavy atom. The summed E-state index contributed by atoms with van der Waals surface area (Å²) in [6.45, 7) is 0. The van der Waals surface area contributed by atoms with Crippen LogP contribution in [0.3, 0.4) is 0 Å². The standard InChI is InChI=1S/C23H24N4O2/c1-27(2)19-13-11-18(12-14-19)26-23(28)21(16-7-4-3-5-8-16)29-20-10-6-9-17(15-20)22(24)25/h3-15,21H,1-2H3,(H3,24,25)(H,26,28). The minimum Gasteiger partial charge on any atom is -0.476 e. The van der Waals surface area contributed by atoms with E-state index in [1.807, 2.05) is 73.6 Å². The lowest BCUT2D eigenvalue weighted by atomic mass is 10.1. The molecular weight excluding hydrogens is 364 g/mol. The number of nitrogens with zero attached hydrogens (tertiary/aromatic N) is 1. The number of ether oxygens (including phenoxy) is 1. The monoisotopic (exact) mass is 388 g/mol. The highest BCUT2D eigenvalue weighted by molar-refractivity contribution is 5.96. The molecule has 0 aliphatic heterocycles. The number of benzene rings is 3.